The standard InChI is InChI=1S/C10H18N2O4.C3H7NO2/c1-7(13)12(8(2)14)9(10(15)16)5-3-4-6-11;1-2(4)3(5)6/h9H,3-6,11H2,1-2H3,(H,15,16);2H,4H2,1H3,(H,5,6). The number of amides is 2. The molecule has 0 saturated carbocycles. The molecule has 22 heavy (non-hydrogen) atoms. The van der Waals surface area contributed by atoms with Crippen LogP contribution in [-0.4, -0.2) is 57.5 Å². The van der Waals surface area contributed by atoms with E-state index >= 15 is 0 Å². The SMILES string of the molecule is CC(=O)N(C(C)=O)C(CCCCN)C(=O)O.CC(N)C(=O)O. The Morgan fingerprint density at radius 1 is 1.00 bits per heavy atom. The van der Waals surface area contributed by atoms with Crippen molar-refractivity contribution in [1.29, 1.82) is 0 Å². The quantitative estimate of drug-likeness (QED) is 0.451. The van der Waals surface area contributed by atoms with Crippen molar-refractivity contribution < 1.29 is 29.4 Å². The summed E-state index contributed by atoms with van der Waals surface area (Å²) >= 11 is 0. The molecule has 2 amide bonds. The van der Waals surface area contributed by atoms with Gasteiger partial charge in [0.05, 0.1) is 0 Å². The molecule has 0 aliphatic heterocycles. The van der Waals surface area contributed by atoms with Crippen LogP contribution in [0, 0.1) is 0 Å². The number of nitrogens with two attached hydrogens (primary N) is 2. The van der Waals surface area contributed by atoms with Gasteiger partial charge in [0, 0.05) is 13.8 Å². The average molecular weight is 319 g/mol. The molecule has 0 rings (SSSR count). The van der Waals surface area contributed by atoms with Gasteiger partial charge in [-0.1, -0.05) is 0 Å². The third kappa shape index (κ3) is 9.83. The topological polar surface area (TPSA) is 164 Å². The van der Waals surface area contributed by atoms with Crippen molar-refractivity contribution in [2.45, 2.75) is 52.1 Å². The lowest BCUT2D eigenvalue weighted by atomic mass is 10.1. The van der Waals surface area contributed by atoms with E-state index < -0.39 is 35.8 Å². The third-order valence-electron chi connectivity index (χ3n) is 2.60. The summed E-state index contributed by atoms with van der Waals surface area (Å²) in [6.45, 7) is 4.25. The summed E-state index contributed by atoms with van der Waals surface area (Å²) in [7, 11) is 0. The average Bonchev–Trinajstić information content (AvgIpc) is 2.37. The summed E-state index contributed by atoms with van der Waals surface area (Å²) < 4.78 is 0. The van der Waals surface area contributed by atoms with Crippen molar-refractivity contribution in [3.63, 3.8) is 0 Å². The Kier molecular flexibility index (Phi) is 11.8. The fourth-order valence-corrected chi connectivity index (χ4v) is 1.51. The van der Waals surface area contributed by atoms with E-state index in [0.29, 0.717) is 19.4 Å². The highest BCUT2D eigenvalue weighted by Gasteiger charge is 2.30. The Morgan fingerprint density at radius 3 is 1.64 bits per heavy atom. The second-order valence-electron chi connectivity index (χ2n) is 4.67. The molecule has 0 fully saturated rings. The zero-order valence-corrected chi connectivity index (χ0v) is 13.1. The van der Waals surface area contributed by atoms with Crippen molar-refractivity contribution in [3.8, 4) is 0 Å². The summed E-state index contributed by atoms with van der Waals surface area (Å²) in [5, 5.41) is 16.8. The van der Waals surface area contributed by atoms with Crippen LogP contribution >= 0.6 is 0 Å². The molecule has 2 unspecified atom stereocenters. The van der Waals surface area contributed by atoms with Gasteiger partial charge in [0.1, 0.15) is 12.1 Å². The Morgan fingerprint density at radius 2 is 1.41 bits per heavy atom. The highest BCUT2D eigenvalue weighted by molar-refractivity contribution is 5.97. The molecule has 9 heteroatoms. The fraction of sp³-hybridized carbons (Fsp3) is 0.692. The van der Waals surface area contributed by atoms with E-state index in [9.17, 15) is 19.2 Å². The van der Waals surface area contributed by atoms with E-state index in [4.69, 9.17) is 21.7 Å². The van der Waals surface area contributed by atoms with Crippen LogP contribution in [0.5, 0.6) is 0 Å². The molecule has 9 nitrogen and oxygen atoms in total. The fourth-order valence-electron chi connectivity index (χ4n) is 1.51. The van der Waals surface area contributed by atoms with E-state index in [-0.39, 0.29) is 6.42 Å². The van der Waals surface area contributed by atoms with Crippen LogP contribution in [0.3, 0.4) is 0 Å². The van der Waals surface area contributed by atoms with Crippen molar-refractivity contribution in [2.75, 3.05) is 6.54 Å². The summed E-state index contributed by atoms with van der Waals surface area (Å²) in [4.78, 5) is 43.7. The number of carbonyl (C=O) groups excluding carboxylic acids is 2. The van der Waals surface area contributed by atoms with Crippen molar-refractivity contribution in [1.82, 2.24) is 4.90 Å². The number of aliphatic carboxylic acids is 2. The number of carbonyl (C=O) groups is 4. The summed E-state index contributed by atoms with van der Waals surface area (Å²) in [6.07, 6.45) is 1.49. The van der Waals surface area contributed by atoms with Gasteiger partial charge in [-0.3, -0.25) is 19.3 Å². The highest BCUT2D eigenvalue weighted by Crippen LogP contribution is 2.10. The molecule has 0 bridgehead atoms. The van der Waals surface area contributed by atoms with Crippen molar-refractivity contribution in [3.05, 3.63) is 0 Å². The lowest BCUT2D eigenvalue weighted by molar-refractivity contribution is -0.156. The van der Waals surface area contributed by atoms with E-state index in [1.807, 2.05) is 0 Å². The minimum atomic E-state index is -1.16. The maximum absolute atomic E-state index is 11.2. The lowest BCUT2D eigenvalue weighted by Gasteiger charge is -2.24. The monoisotopic (exact) mass is 319 g/mol. The largest absolute Gasteiger partial charge is 0.480 e. The first-order chi connectivity index (χ1) is 10.1. The molecule has 0 saturated heterocycles. The van der Waals surface area contributed by atoms with Crippen molar-refractivity contribution >= 4 is 23.8 Å². The van der Waals surface area contributed by atoms with Crippen LogP contribution in [0.15, 0.2) is 0 Å². The summed E-state index contributed by atoms with van der Waals surface area (Å²) in [6, 6.07) is -1.81. The zero-order chi connectivity index (χ0) is 17.9. The number of carboxylic acid groups (broad SMARTS) is 2. The first-order valence-corrected chi connectivity index (χ1v) is 6.77. The predicted octanol–water partition coefficient (Wildman–Crippen LogP) is -0.618. The third-order valence-corrected chi connectivity index (χ3v) is 2.60. The molecule has 2 atom stereocenters. The Balaban J connectivity index is 0. The predicted molar refractivity (Wildman–Crippen MR) is 78.8 cm³/mol. The Labute approximate surface area is 129 Å². The number of hydrogen-bond donors (Lipinski definition) is 4. The first-order valence-electron chi connectivity index (χ1n) is 6.77. The van der Waals surface area contributed by atoms with Gasteiger partial charge in [0.15, 0.2) is 0 Å². The molecule has 0 radical (unpaired) electrons. The maximum atomic E-state index is 11.2. The second-order valence-corrected chi connectivity index (χ2v) is 4.67. The lowest BCUT2D eigenvalue weighted by Crippen LogP contribution is -2.46. The number of unbranched alkanes of at least 4 members (excludes halogenated alkanes) is 1. The minimum Gasteiger partial charge on any atom is -0.480 e. The van der Waals surface area contributed by atoms with E-state index in [1.165, 1.54) is 20.8 Å². The van der Waals surface area contributed by atoms with Crippen molar-refractivity contribution in [2.24, 2.45) is 11.5 Å². The molecule has 0 aromatic carbocycles. The van der Waals surface area contributed by atoms with Gasteiger partial charge in [0.25, 0.3) is 0 Å². The van der Waals surface area contributed by atoms with Crippen LogP contribution in [-0.2, 0) is 19.2 Å². The van der Waals surface area contributed by atoms with E-state index in [0.717, 1.165) is 4.90 Å². The Bertz CT molecular complexity index is 383. The second kappa shape index (κ2) is 11.6. The molecule has 0 heterocycles. The molecule has 128 valence electrons. The van der Waals surface area contributed by atoms with Crippen LogP contribution in [0.1, 0.15) is 40.0 Å². The zero-order valence-electron chi connectivity index (χ0n) is 13.1. The van der Waals surface area contributed by atoms with Gasteiger partial charge < -0.3 is 21.7 Å². The van der Waals surface area contributed by atoms with Crippen LogP contribution in [0.2, 0.25) is 0 Å². The maximum Gasteiger partial charge on any atom is 0.326 e. The molecule has 6 N–H and O–H groups in total. The molecular weight excluding hydrogens is 294 g/mol. The first kappa shape index (κ1) is 22.3. The number of imide groups is 1. The normalized spacial score (nSPS) is 12.4. The molecule has 0 aliphatic carbocycles. The minimum absolute atomic E-state index is 0.242. The van der Waals surface area contributed by atoms with Gasteiger partial charge in [0.2, 0.25) is 11.8 Å². The Hall–Kier alpha value is -2.00. The number of nitrogens with zero attached hydrogens (tertiary/aromatic N) is 1. The summed E-state index contributed by atoms with van der Waals surface area (Å²) in [5.41, 5.74) is 10.1. The molecule has 0 spiro atoms. The van der Waals surface area contributed by atoms with Crippen LogP contribution < -0.4 is 11.5 Å². The van der Waals surface area contributed by atoms with Gasteiger partial charge in [-0.15, -0.1) is 0 Å². The molecule has 0 aromatic heterocycles. The van der Waals surface area contributed by atoms with E-state index in [2.05, 4.69) is 0 Å². The highest BCUT2D eigenvalue weighted by atomic mass is 16.4. The van der Waals surface area contributed by atoms with Gasteiger partial charge in [-0.2, -0.15) is 0 Å². The number of carboxylic acids is 2. The van der Waals surface area contributed by atoms with Crippen LogP contribution in [0.25, 0.3) is 0 Å². The van der Waals surface area contributed by atoms with Gasteiger partial charge in [-0.05, 0) is 32.7 Å². The smallest absolute Gasteiger partial charge is 0.326 e. The van der Waals surface area contributed by atoms with Gasteiger partial charge in [-0.25, -0.2) is 4.79 Å². The van der Waals surface area contributed by atoms with Crippen LogP contribution in [0.4, 0.5) is 0 Å². The molecule has 0 aromatic rings. The number of rotatable bonds is 7. The van der Waals surface area contributed by atoms with E-state index in [1.54, 1.807) is 0 Å². The molecular formula is C13H25N3O6. The summed E-state index contributed by atoms with van der Waals surface area (Å²) in [5.74, 6) is -3.22. The number of hydrogen-bond acceptors (Lipinski definition) is 6. The molecule has 0 aliphatic rings. The van der Waals surface area contributed by atoms with Gasteiger partial charge >= 0.3 is 11.9 Å².